The monoisotopic (exact) mass is 675 g/mol. The van der Waals surface area contributed by atoms with E-state index in [0.717, 1.165) is 85.9 Å². The van der Waals surface area contributed by atoms with Crippen molar-refractivity contribution in [1.29, 1.82) is 0 Å². The van der Waals surface area contributed by atoms with Gasteiger partial charge in [-0.15, -0.1) is 0 Å². The topological polar surface area (TPSA) is 52.6 Å². The average Bonchev–Trinajstić information content (AvgIpc) is 3.99. The van der Waals surface area contributed by atoms with Crippen LogP contribution in [0.5, 0.6) is 0 Å². The average molecular weight is 675 g/mol. The van der Waals surface area contributed by atoms with Crippen LogP contribution in [0.1, 0.15) is 174 Å². The van der Waals surface area contributed by atoms with Crippen LogP contribution in [0.4, 0.5) is 0 Å². The first kappa shape index (κ1) is 33.8. The molecule has 0 aromatic heterocycles. The Morgan fingerprint density at radius 1 is 0.469 bits per heavy atom. The van der Waals surface area contributed by atoms with Gasteiger partial charge in [-0.3, -0.25) is 9.59 Å². The second kappa shape index (κ2) is 13.4. The van der Waals surface area contributed by atoms with Crippen molar-refractivity contribution >= 4 is 11.9 Å². The zero-order valence-electron chi connectivity index (χ0n) is 31.4. The lowest BCUT2D eigenvalue weighted by atomic mass is 9.62. The number of ether oxygens (including phenoxy) is 2. The molecule has 274 valence electrons. The lowest BCUT2D eigenvalue weighted by molar-refractivity contribution is -0.176. The fourth-order valence-corrected chi connectivity index (χ4v) is 16.0. The third-order valence-corrected chi connectivity index (χ3v) is 18.4. The van der Waals surface area contributed by atoms with E-state index in [9.17, 15) is 9.59 Å². The van der Waals surface area contributed by atoms with Crippen LogP contribution in [0.15, 0.2) is 0 Å². The summed E-state index contributed by atoms with van der Waals surface area (Å²) in [7, 11) is 0. The molecule has 0 saturated heterocycles. The molecule has 0 aromatic rings. The fourth-order valence-electron chi connectivity index (χ4n) is 16.0. The van der Waals surface area contributed by atoms with E-state index >= 15 is 0 Å². The minimum atomic E-state index is -0.0742. The van der Waals surface area contributed by atoms with Crippen LogP contribution in [0, 0.1) is 82.9 Å². The highest BCUT2D eigenvalue weighted by atomic mass is 16.6. The smallest absolute Gasteiger partial charge is 0.309 e. The summed E-state index contributed by atoms with van der Waals surface area (Å²) in [5.41, 5.74) is -0.130. The molecule has 49 heavy (non-hydrogen) atoms. The van der Waals surface area contributed by atoms with Gasteiger partial charge in [-0.25, -0.2) is 0 Å². The standard InChI is InChI=1S/C26H40O2.C19H30O2/c1-15-16(2)20-14-19(15)23-17-12-21(24(20)23)22(13-17)25(27)28-26(10-6-7-11-26)18-8-4-3-5-9-18;20-18(17-13-14-8-9-15(17)12-14)21-19(10-4-5-11-19)16-6-2-1-3-7-16/h15-24H,3-14H2,1-2H3;14-17H,1-13H2. The van der Waals surface area contributed by atoms with Crippen molar-refractivity contribution in [3.63, 3.8) is 0 Å². The van der Waals surface area contributed by atoms with E-state index in [1.54, 1.807) is 0 Å². The highest BCUT2D eigenvalue weighted by molar-refractivity contribution is 5.74. The van der Waals surface area contributed by atoms with Crippen molar-refractivity contribution in [3.05, 3.63) is 0 Å². The van der Waals surface area contributed by atoms with Crippen LogP contribution in [0.25, 0.3) is 0 Å². The molecule has 4 heteroatoms. The lowest BCUT2D eigenvalue weighted by Crippen LogP contribution is -2.45. The van der Waals surface area contributed by atoms with Crippen LogP contribution < -0.4 is 0 Å². The molecular weight excluding hydrogens is 604 g/mol. The first-order valence-electron chi connectivity index (χ1n) is 22.3. The zero-order valence-corrected chi connectivity index (χ0v) is 31.4. The van der Waals surface area contributed by atoms with Crippen LogP contribution in [-0.2, 0) is 19.1 Å². The predicted molar refractivity (Wildman–Crippen MR) is 193 cm³/mol. The Morgan fingerprint density at radius 3 is 1.51 bits per heavy atom. The maximum Gasteiger partial charge on any atom is 0.309 e. The van der Waals surface area contributed by atoms with Crippen molar-refractivity contribution in [2.45, 2.75) is 186 Å². The van der Waals surface area contributed by atoms with Gasteiger partial charge in [0, 0.05) is 0 Å². The normalized spacial score (nSPS) is 46.1. The van der Waals surface area contributed by atoms with Gasteiger partial charge in [-0.1, -0.05) is 58.8 Å². The maximum atomic E-state index is 13.6. The van der Waals surface area contributed by atoms with Gasteiger partial charge in [0.1, 0.15) is 11.2 Å². The number of hydrogen-bond donors (Lipinski definition) is 0. The van der Waals surface area contributed by atoms with Crippen LogP contribution >= 0.6 is 0 Å². The van der Waals surface area contributed by atoms with Crippen molar-refractivity contribution in [2.24, 2.45) is 82.9 Å². The molecular formula is C45H70O4. The molecule has 10 saturated carbocycles. The number of carbonyl (C=O) groups is 2. The first-order chi connectivity index (χ1) is 23.9. The van der Waals surface area contributed by atoms with E-state index in [2.05, 4.69) is 13.8 Å². The predicted octanol–water partition coefficient (Wildman–Crippen LogP) is 11.1. The fraction of sp³-hybridized carbons (Fsp3) is 0.956. The van der Waals surface area contributed by atoms with E-state index in [0.29, 0.717) is 23.7 Å². The maximum absolute atomic E-state index is 13.6. The van der Waals surface area contributed by atoms with E-state index in [1.807, 2.05) is 0 Å². The summed E-state index contributed by atoms with van der Waals surface area (Å²) in [6.45, 7) is 5.01. The van der Waals surface area contributed by atoms with Gasteiger partial charge >= 0.3 is 11.9 Å². The van der Waals surface area contributed by atoms with Gasteiger partial charge < -0.3 is 9.47 Å². The van der Waals surface area contributed by atoms with Crippen LogP contribution in [-0.4, -0.2) is 23.1 Å². The summed E-state index contributed by atoms with van der Waals surface area (Å²) < 4.78 is 12.9. The number of hydrogen-bond acceptors (Lipinski definition) is 4. The Bertz CT molecular complexity index is 1200. The van der Waals surface area contributed by atoms with Crippen molar-refractivity contribution in [2.75, 3.05) is 0 Å². The van der Waals surface area contributed by atoms with Gasteiger partial charge in [0.2, 0.25) is 0 Å². The minimum Gasteiger partial charge on any atom is -0.459 e. The molecule has 10 fully saturated rings. The molecule has 10 aliphatic carbocycles. The largest absolute Gasteiger partial charge is 0.459 e. The van der Waals surface area contributed by atoms with E-state index < -0.39 is 0 Å². The number of fused-ring (bicyclic) bond motifs is 11. The molecule has 10 rings (SSSR count). The van der Waals surface area contributed by atoms with Crippen molar-refractivity contribution in [1.82, 2.24) is 0 Å². The summed E-state index contributed by atoms with van der Waals surface area (Å²) in [5.74, 6) is 10.8. The first-order valence-corrected chi connectivity index (χ1v) is 22.3. The van der Waals surface area contributed by atoms with Crippen LogP contribution in [0.3, 0.4) is 0 Å². The molecule has 12 unspecified atom stereocenters. The Balaban J connectivity index is 0.000000138. The second-order valence-electron chi connectivity index (χ2n) is 20.3. The van der Waals surface area contributed by atoms with Gasteiger partial charge in [-0.2, -0.15) is 0 Å². The molecule has 0 radical (unpaired) electrons. The summed E-state index contributed by atoms with van der Waals surface area (Å²) in [4.78, 5) is 26.4. The molecule has 0 amide bonds. The van der Waals surface area contributed by atoms with E-state index in [1.165, 1.54) is 122 Å². The van der Waals surface area contributed by atoms with E-state index in [-0.39, 0.29) is 35.0 Å². The summed E-state index contributed by atoms with van der Waals surface area (Å²) in [5, 5.41) is 0. The molecule has 10 aliphatic rings. The van der Waals surface area contributed by atoms with E-state index in [4.69, 9.17) is 9.47 Å². The number of esters is 2. The molecule has 4 nitrogen and oxygen atoms in total. The van der Waals surface area contributed by atoms with Crippen molar-refractivity contribution in [3.8, 4) is 0 Å². The third-order valence-electron chi connectivity index (χ3n) is 18.4. The summed E-state index contributed by atoms with van der Waals surface area (Å²) in [6, 6.07) is 0. The van der Waals surface area contributed by atoms with Gasteiger partial charge in [0.15, 0.2) is 0 Å². The number of carbonyl (C=O) groups excluding carboxylic acids is 2. The Kier molecular flexibility index (Phi) is 9.24. The highest BCUT2D eigenvalue weighted by Crippen LogP contribution is 2.71. The van der Waals surface area contributed by atoms with Gasteiger partial charge in [0.25, 0.3) is 0 Å². The SMILES string of the molecule is CC1C(C)C2CC1C1C3CC(C(=O)OC4(C5CCCCC5)CCCC4)C(C3)C21.O=C(OC1(C2CCCCC2)CCCC1)C1CC2CCC1C2. The van der Waals surface area contributed by atoms with Crippen LogP contribution in [0.2, 0.25) is 0 Å². The second-order valence-corrected chi connectivity index (χ2v) is 20.3. The molecule has 0 aliphatic heterocycles. The molecule has 12 atom stereocenters. The zero-order chi connectivity index (χ0) is 33.3. The highest BCUT2D eigenvalue weighted by Gasteiger charge is 2.67. The molecule has 6 bridgehead atoms. The van der Waals surface area contributed by atoms with Gasteiger partial charge in [0.05, 0.1) is 11.8 Å². The summed E-state index contributed by atoms with van der Waals surface area (Å²) >= 11 is 0. The molecule has 0 heterocycles. The molecule has 0 aromatic carbocycles. The molecule has 0 spiro atoms. The van der Waals surface area contributed by atoms with Crippen molar-refractivity contribution < 1.29 is 19.1 Å². The summed E-state index contributed by atoms with van der Waals surface area (Å²) in [6.07, 6.45) is 32.0. The Morgan fingerprint density at radius 2 is 1.00 bits per heavy atom. The quantitative estimate of drug-likeness (QED) is 0.208. The van der Waals surface area contributed by atoms with Gasteiger partial charge in [-0.05, 0) is 187 Å². The molecule has 0 N–H and O–H groups in total. The Labute approximate surface area is 298 Å². The minimum absolute atomic E-state index is 0.0562. The number of rotatable bonds is 6. The Hall–Kier alpha value is -1.06. The third kappa shape index (κ3) is 5.79. The lowest BCUT2D eigenvalue weighted by Gasteiger charge is -2.44.